The predicted molar refractivity (Wildman–Crippen MR) is 100 cm³/mol. The Morgan fingerprint density at radius 2 is 1.81 bits per heavy atom. The maximum absolute atomic E-state index is 12.3. The fraction of sp³-hybridized carbons (Fsp3) is 0.300. The van der Waals surface area contributed by atoms with Gasteiger partial charge in [-0.1, -0.05) is 26.0 Å². The summed E-state index contributed by atoms with van der Waals surface area (Å²) in [4.78, 5) is 20.2. The zero-order valence-corrected chi connectivity index (χ0v) is 15.2. The van der Waals surface area contributed by atoms with Crippen LogP contribution in [-0.2, 0) is 4.79 Å². The summed E-state index contributed by atoms with van der Waals surface area (Å²) in [7, 11) is 1.60. The molecule has 0 saturated heterocycles. The number of imidazole rings is 1. The largest absolute Gasteiger partial charge is 0.497 e. The van der Waals surface area contributed by atoms with E-state index < -0.39 is 0 Å². The van der Waals surface area contributed by atoms with Gasteiger partial charge in [0.25, 0.3) is 5.91 Å². The minimum atomic E-state index is -0.214. The lowest BCUT2D eigenvalue weighted by Gasteiger charge is -2.20. The quantitative estimate of drug-likeness (QED) is 0.682. The molecule has 2 aromatic carbocycles. The van der Waals surface area contributed by atoms with Crippen molar-refractivity contribution in [2.24, 2.45) is 5.92 Å². The Balaban J connectivity index is 1.64. The molecule has 0 aliphatic carbocycles. The summed E-state index contributed by atoms with van der Waals surface area (Å²) >= 11 is 0. The second-order valence-electron chi connectivity index (χ2n) is 6.39. The molecule has 3 aromatic rings. The number of fused-ring (bicyclic) bond motifs is 1. The van der Waals surface area contributed by atoms with E-state index in [1.165, 1.54) is 0 Å². The highest BCUT2D eigenvalue weighted by molar-refractivity contribution is 5.78. The van der Waals surface area contributed by atoms with Crippen LogP contribution in [0.4, 0.5) is 0 Å². The van der Waals surface area contributed by atoms with Gasteiger partial charge < -0.3 is 19.8 Å². The molecule has 0 spiro atoms. The Labute approximate surface area is 152 Å². The second-order valence-corrected chi connectivity index (χ2v) is 6.39. The van der Waals surface area contributed by atoms with Crippen LogP contribution in [0.15, 0.2) is 48.5 Å². The molecule has 3 rings (SSSR count). The number of ether oxygens (including phenoxy) is 2. The molecule has 2 N–H and O–H groups in total. The zero-order chi connectivity index (χ0) is 18.5. The number of carbonyl (C=O) groups excluding carboxylic acids is 1. The molecule has 0 aliphatic rings. The third kappa shape index (κ3) is 4.14. The number of H-pyrrole nitrogens is 1. The molecule has 6 heteroatoms. The number of amides is 1. The highest BCUT2D eigenvalue weighted by Crippen LogP contribution is 2.22. The first kappa shape index (κ1) is 17.8. The molecular weight excluding hydrogens is 330 g/mol. The van der Waals surface area contributed by atoms with Gasteiger partial charge in [-0.15, -0.1) is 0 Å². The van der Waals surface area contributed by atoms with Gasteiger partial charge in [-0.05, 0) is 42.3 Å². The van der Waals surface area contributed by atoms with Crippen molar-refractivity contribution in [3.63, 3.8) is 0 Å². The molecule has 6 nitrogen and oxygen atoms in total. The number of carbonyl (C=O) groups is 1. The van der Waals surface area contributed by atoms with Gasteiger partial charge in [0.15, 0.2) is 6.61 Å². The summed E-state index contributed by atoms with van der Waals surface area (Å²) in [5.41, 5.74) is 1.84. The number of para-hydroxylation sites is 2. The van der Waals surface area contributed by atoms with E-state index in [2.05, 4.69) is 15.3 Å². The minimum Gasteiger partial charge on any atom is -0.497 e. The third-order valence-corrected chi connectivity index (χ3v) is 4.11. The van der Waals surface area contributed by atoms with E-state index in [0.717, 1.165) is 22.6 Å². The van der Waals surface area contributed by atoms with Crippen LogP contribution in [0.2, 0.25) is 0 Å². The lowest BCUT2D eigenvalue weighted by atomic mass is 10.0. The Morgan fingerprint density at radius 1 is 1.12 bits per heavy atom. The molecule has 136 valence electrons. The van der Waals surface area contributed by atoms with Crippen molar-refractivity contribution < 1.29 is 14.3 Å². The summed E-state index contributed by atoms with van der Waals surface area (Å²) in [5, 5.41) is 3.00. The van der Waals surface area contributed by atoms with E-state index in [4.69, 9.17) is 9.47 Å². The monoisotopic (exact) mass is 353 g/mol. The molecule has 0 fully saturated rings. The number of nitrogens with one attached hydrogen (secondary N) is 2. The van der Waals surface area contributed by atoms with Gasteiger partial charge in [-0.2, -0.15) is 0 Å². The lowest BCUT2D eigenvalue weighted by molar-refractivity contribution is -0.124. The SMILES string of the molecule is COc1ccc(OCC(=O)N[C@H](c2nc3ccccc3[nH]2)C(C)C)cc1. The van der Waals surface area contributed by atoms with Gasteiger partial charge >= 0.3 is 0 Å². The first-order chi connectivity index (χ1) is 12.6. The molecule has 0 radical (unpaired) electrons. The number of methoxy groups -OCH3 is 1. The summed E-state index contributed by atoms with van der Waals surface area (Å²) in [6, 6.07) is 14.7. The van der Waals surface area contributed by atoms with E-state index in [9.17, 15) is 4.79 Å². The van der Waals surface area contributed by atoms with E-state index in [-0.39, 0.29) is 24.5 Å². The van der Waals surface area contributed by atoms with Crippen LogP contribution in [0.25, 0.3) is 11.0 Å². The molecule has 1 aromatic heterocycles. The molecule has 0 unspecified atom stereocenters. The second kappa shape index (κ2) is 7.91. The smallest absolute Gasteiger partial charge is 0.258 e. The molecule has 0 bridgehead atoms. The third-order valence-electron chi connectivity index (χ3n) is 4.11. The van der Waals surface area contributed by atoms with Gasteiger partial charge in [0.1, 0.15) is 17.3 Å². The highest BCUT2D eigenvalue weighted by Gasteiger charge is 2.22. The van der Waals surface area contributed by atoms with Crippen LogP contribution < -0.4 is 14.8 Å². The predicted octanol–water partition coefficient (Wildman–Crippen LogP) is 3.46. The van der Waals surface area contributed by atoms with Crippen LogP contribution in [0.3, 0.4) is 0 Å². The van der Waals surface area contributed by atoms with Gasteiger partial charge in [-0.25, -0.2) is 4.98 Å². The fourth-order valence-corrected chi connectivity index (χ4v) is 2.71. The van der Waals surface area contributed by atoms with Gasteiger partial charge in [0.05, 0.1) is 24.2 Å². The molecule has 1 amide bonds. The van der Waals surface area contributed by atoms with Crippen molar-refractivity contribution in [2.45, 2.75) is 19.9 Å². The topological polar surface area (TPSA) is 76.2 Å². The number of aromatic amines is 1. The van der Waals surface area contributed by atoms with E-state index in [1.54, 1.807) is 31.4 Å². The number of rotatable bonds is 7. The van der Waals surface area contributed by atoms with Crippen molar-refractivity contribution in [1.29, 1.82) is 0 Å². The highest BCUT2D eigenvalue weighted by atomic mass is 16.5. The first-order valence-electron chi connectivity index (χ1n) is 8.57. The zero-order valence-electron chi connectivity index (χ0n) is 15.2. The molecular formula is C20H23N3O3. The maximum atomic E-state index is 12.3. The van der Waals surface area contributed by atoms with Crippen LogP contribution >= 0.6 is 0 Å². The van der Waals surface area contributed by atoms with E-state index >= 15 is 0 Å². The fourth-order valence-electron chi connectivity index (χ4n) is 2.71. The van der Waals surface area contributed by atoms with Crippen molar-refractivity contribution in [3.05, 3.63) is 54.4 Å². The summed E-state index contributed by atoms with van der Waals surface area (Å²) in [6.45, 7) is 4.03. The molecule has 0 aliphatic heterocycles. The van der Waals surface area contributed by atoms with E-state index in [1.807, 2.05) is 38.1 Å². The summed E-state index contributed by atoms with van der Waals surface area (Å²) in [6.07, 6.45) is 0. The van der Waals surface area contributed by atoms with Crippen molar-refractivity contribution in [2.75, 3.05) is 13.7 Å². The van der Waals surface area contributed by atoms with E-state index in [0.29, 0.717) is 5.75 Å². The van der Waals surface area contributed by atoms with Crippen LogP contribution in [-0.4, -0.2) is 29.6 Å². The Bertz CT molecular complexity index is 838. The van der Waals surface area contributed by atoms with Gasteiger partial charge in [-0.3, -0.25) is 4.79 Å². The number of hydrogen-bond acceptors (Lipinski definition) is 4. The van der Waals surface area contributed by atoms with Crippen molar-refractivity contribution >= 4 is 16.9 Å². The number of aromatic nitrogens is 2. The maximum Gasteiger partial charge on any atom is 0.258 e. The van der Waals surface area contributed by atoms with Gasteiger partial charge in [0, 0.05) is 0 Å². The molecule has 26 heavy (non-hydrogen) atoms. The van der Waals surface area contributed by atoms with Crippen molar-refractivity contribution in [3.8, 4) is 11.5 Å². The number of nitrogens with zero attached hydrogens (tertiary/aromatic N) is 1. The van der Waals surface area contributed by atoms with Crippen LogP contribution in [0.1, 0.15) is 25.7 Å². The number of benzene rings is 2. The Kier molecular flexibility index (Phi) is 5.41. The first-order valence-corrected chi connectivity index (χ1v) is 8.57. The Morgan fingerprint density at radius 3 is 2.46 bits per heavy atom. The standard InChI is InChI=1S/C20H23N3O3/c1-13(2)19(20-21-16-6-4-5-7-17(16)22-20)23-18(24)12-26-15-10-8-14(25-3)9-11-15/h4-11,13,19H,12H2,1-3H3,(H,21,22)(H,23,24)/t19-/m0/s1. The average molecular weight is 353 g/mol. The normalized spacial score (nSPS) is 12.2. The van der Waals surface area contributed by atoms with Crippen molar-refractivity contribution in [1.82, 2.24) is 15.3 Å². The number of hydrogen-bond donors (Lipinski definition) is 2. The Hall–Kier alpha value is -3.02. The molecule has 0 saturated carbocycles. The lowest BCUT2D eigenvalue weighted by Crippen LogP contribution is -2.35. The molecule has 1 atom stereocenters. The molecule has 1 heterocycles. The summed E-state index contributed by atoms with van der Waals surface area (Å²) < 4.78 is 10.6. The van der Waals surface area contributed by atoms with Crippen LogP contribution in [0.5, 0.6) is 11.5 Å². The summed E-state index contributed by atoms with van der Waals surface area (Å²) in [5.74, 6) is 2.09. The van der Waals surface area contributed by atoms with Crippen LogP contribution in [0, 0.1) is 5.92 Å². The minimum absolute atomic E-state index is 0.0597. The average Bonchev–Trinajstić information content (AvgIpc) is 3.08. The van der Waals surface area contributed by atoms with Gasteiger partial charge in [0.2, 0.25) is 0 Å².